The van der Waals surface area contributed by atoms with Gasteiger partial charge in [0.05, 0.1) is 7.11 Å². The first-order chi connectivity index (χ1) is 12.6. The molecule has 1 aromatic heterocycles. The maximum Gasteiger partial charge on any atom is 0.270 e. The van der Waals surface area contributed by atoms with Gasteiger partial charge >= 0.3 is 0 Å². The van der Waals surface area contributed by atoms with Crippen LogP contribution < -0.4 is 15.4 Å². The van der Waals surface area contributed by atoms with Crippen molar-refractivity contribution < 1.29 is 9.53 Å². The molecule has 0 saturated heterocycles. The zero-order chi connectivity index (χ0) is 18.4. The molecular formula is C20H26N4O2. The fourth-order valence-corrected chi connectivity index (χ4v) is 3.21. The summed E-state index contributed by atoms with van der Waals surface area (Å²) in [6, 6.07) is 10.00. The molecule has 3 rings (SSSR count). The molecule has 1 heterocycles. The van der Waals surface area contributed by atoms with Gasteiger partial charge in [-0.15, -0.1) is 0 Å². The maximum absolute atomic E-state index is 12.4. The van der Waals surface area contributed by atoms with Crippen LogP contribution in [-0.4, -0.2) is 35.6 Å². The van der Waals surface area contributed by atoms with Crippen LogP contribution in [0.25, 0.3) is 0 Å². The van der Waals surface area contributed by atoms with E-state index in [-0.39, 0.29) is 5.91 Å². The lowest BCUT2D eigenvalue weighted by Crippen LogP contribution is -2.27. The molecule has 6 nitrogen and oxygen atoms in total. The smallest absolute Gasteiger partial charge is 0.270 e. The van der Waals surface area contributed by atoms with E-state index in [4.69, 9.17) is 4.74 Å². The van der Waals surface area contributed by atoms with Gasteiger partial charge in [-0.3, -0.25) is 4.79 Å². The number of aryl methyl sites for hydroxylation is 1. The first kappa shape index (κ1) is 18.2. The summed E-state index contributed by atoms with van der Waals surface area (Å²) >= 11 is 0. The Labute approximate surface area is 154 Å². The summed E-state index contributed by atoms with van der Waals surface area (Å²) in [4.78, 5) is 21.2. The van der Waals surface area contributed by atoms with Crippen molar-refractivity contribution in [1.29, 1.82) is 0 Å². The van der Waals surface area contributed by atoms with Crippen LogP contribution in [-0.2, 0) is 6.42 Å². The number of anilines is 1. The Bertz CT molecular complexity index is 740. The van der Waals surface area contributed by atoms with E-state index in [1.165, 1.54) is 12.8 Å². The molecule has 2 N–H and O–H groups in total. The predicted octanol–water partition coefficient (Wildman–Crippen LogP) is 3.12. The van der Waals surface area contributed by atoms with Crippen molar-refractivity contribution in [3.05, 3.63) is 47.3 Å². The molecule has 0 bridgehead atoms. The number of carbonyl (C=O) groups excluding carboxylic acids is 1. The van der Waals surface area contributed by atoms with Gasteiger partial charge in [-0.1, -0.05) is 25.0 Å². The van der Waals surface area contributed by atoms with Crippen molar-refractivity contribution in [3.8, 4) is 5.75 Å². The van der Waals surface area contributed by atoms with Gasteiger partial charge in [-0.2, -0.15) is 0 Å². The molecule has 0 unspecified atom stereocenters. The zero-order valence-electron chi connectivity index (χ0n) is 15.4. The van der Waals surface area contributed by atoms with Crippen molar-refractivity contribution in [2.75, 3.05) is 19.0 Å². The molecule has 0 aliphatic heterocycles. The fourth-order valence-electron chi connectivity index (χ4n) is 3.21. The van der Waals surface area contributed by atoms with Crippen LogP contribution in [0, 0.1) is 6.92 Å². The van der Waals surface area contributed by atoms with Crippen LogP contribution >= 0.6 is 0 Å². The van der Waals surface area contributed by atoms with Crippen LogP contribution in [0.3, 0.4) is 0 Å². The van der Waals surface area contributed by atoms with Crippen molar-refractivity contribution >= 4 is 11.9 Å². The molecule has 1 fully saturated rings. The average molecular weight is 354 g/mol. The second-order valence-electron chi connectivity index (χ2n) is 6.70. The minimum absolute atomic E-state index is 0.168. The summed E-state index contributed by atoms with van der Waals surface area (Å²) in [7, 11) is 1.65. The highest BCUT2D eigenvalue weighted by atomic mass is 16.5. The summed E-state index contributed by atoms with van der Waals surface area (Å²) in [5.74, 6) is 1.22. The van der Waals surface area contributed by atoms with Gasteiger partial charge in [0.1, 0.15) is 11.4 Å². The quantitative estimate of drug-likeness (QED) is 0.799. The van der Waals surface area contributed by atoms with E-state index >= 15 is 0 Å². The topological polar surface area (TPSA) is 76.1 Å². The van der Waals surface area contributed by atoms with Gasteiger partial charge in [0, 0.05) is 18.3 Å². The van der Waals surface area contributed by atoms with Gasteiger partial charge in [0.15, 0.2) is 0 Å². The van der Waals surface area contributed by atoms with Crippen molar-refractivity contribution in [2.45, 2.75) is 45.1 Å². The van der Waals surface area contributed by atoms with Crippen LogP contribution in [0.4, 0.5) is 5.95 Å². The lowest BCUT2D eigenvalue weighted by molar-refractivity contribution is 0.0949. The SMILES string of the molecule is COc1ccc(CCNC(=O)c2cc(C)nc(NC3CCCC3)n2)cc1. The molecule has 2 aromatic rings. The summed E-state index contributed by atoms with van der Waals surface area (Å²) < 4.78 is 5.15. The monoisotopic (exact) mass is 354 g/mol. The normalized spacial score (nSPS) is 14.2. The molecule has 1 aromatic carbocycles. The number of benzene rings is 1. The zero-order valence-corrected chi connectivity index (χ0v) is 15.4. The van der Waals surface area contributed by atoms with E-state index in [0.717, 1.165) is 36.3 Å². The molecule has 0 atom stereocenters. The van der Waals surface area contributed by atoms with E-state index in [9.17, 15) is 4.79 Å². The second-order valence-corrected chi connectivity index (χ2v) is 6.70. The minimum atomic E-state index is -0.168. The number of aromatic nitrogens is 2. The van der Waals surface area contributed by atoms with Gasteiger partial charge < -0.3 is 15.4 Å². The third-order valence-electron chi connectivity index (χ3n) is 4.63. The highest BCUT2D eigenvalue weighted by Gasteiger charge is 2.17. The first-order valence-electron chi connectivity index (χ1n) is 9.17. The Kier molecular flexibility index (Phi) is 6.04. The van der Waals surface area contributed by atoms with Crippen LogP contribution in [0.1, 0.15) is 47.4 Å². The third kappa shape index (κ3) is 4.94. The molecule has 26 heavy (non-hydrogen) atoms. The largest absolute Gasteiger partial charge is 0.497 e. The molecule has 0 radical (unpaired) electrons. The van der Waals surface area contributed by atoms with Crippen molar-refractivity contribution in [3.63, 3.8) is 0 Å². The lowest BCUT2D eigenvalue weighted by atomic mass is 10.1. The summed E-state index contributed by atoms with van der Waals surface area (Å²) in [6.07, 6.45) is 5.51. The first-order valence-corrected chi connectivity index (χ1v) is 9.17. The van der Waals surface area contributed by atoms with E-state index in [1.54, 1.807) is 13.2 Å². The van der Waals surface area contributed by atoms with Gasteiger partial charge in [-0.05, 0) is 49.9 Å². The Balaban J connectivity index is 1.55. The molecular weight excluding hydrogens is 328 g/mol. The highest BCUT2D eigenvalue weighted by Crippen LogP contribution is 2.21. The summed E-state index contributed by atoms with van der Waals surface area (Å²) in [5.41, 5.74) is 2.35. The number of hydrogen-bond acceptors (Lipinski definition) is 5. The van der Waals surface area contributed by atoms with Gasteiger partial charge in [-0.25, -0.2) is 9.97 Å². The Hall–Kier alpha value is -2.63. The Morgan fingerprint density at radius 1 is 1.19 bits per heavy atom. The van der Waals surface area contributed by atoms with E-state index in [1.807, 2.05) is 31.2 Å². The minimum Gasteiger partial charge on any atom is -0.497 e. The number of nitrogens with zero attached hydrogens (tertiary/aromatic N) is 2. The molecule has 1 aliphatic rings. The van der Waals surface area contributed by atoms with E-state index < -0.39 is 0 Å². The molecule has 1 amide bonds. The molecule has 0 spiro atoms. The number of carbonyl (C=O) groups is 1. The van der Waals surface area contributed by atoms with Crippen LogP contribution in [0.15, 0.2) is 30.3 Å². The maximum atomic E-state index is 12.4. The number of ether oxygens (including phenoxy) is 1. The standard InChI is InChI=1S/C20H26N4O2/c1-14-13-18(24-20(22-14)23-16-5-3-4-6-16)19(25)21-12-11-15-7-9-17(26-2)10-8-15/h7-10,13,16H,3-6,11-12H2,1-2H3,(H,21,25)(H,22,23,24). The predicted molar refractivity (Wildman–Crippen MR) is 102 cm³/mol. The Morgan fingerprint density at radius 2 is 1.92 bits per heavy atom. The lowest BCUT2D eigenvalue weighted by Gasteiger charge is -2.13. The number of rotatable bonds is 7. The fraction of sp³-hybridized carbons (Fsp3) is 0.450. The number of nitrogens with one attached hydrogen (secondary N) is 2. The second kappa shape index (κ2) is 8.65. The highest BCUT2D eigenvalue weighted by molar-refractivity contribution is 5.92. The Morgan fingerprint density at radius 3 is 2.62 bits per heavy atom. The van der Waals surface area contributed by atoms with Crippen LogP contribution in [0.2, 0.25) is 0 Å². The van der Waals surface area contributed by atoms with Gasteiger partial charge in [0.2, 0.25) is 5.95 Å². The van der Waals surface area contributed by atoms with Crippen LogP contribution in [0.5, 0.6) is 5.75 Å². The number of amides is 1. The number of methoxy groups -OCH3 is 1. The van der Waals surface area contributed by atoms with Crippen molar-refractivity contribution in [1.82, 2.24) is 15.3 Å². The summed E-state index contributed by atoms with van der Waals surface area (Å²) in [6.45, 7) is 2.44. The summed E-state index contributed by atoms with van der Waals surface area (Å²) in [5, 5.41) is 6.29. The molecule has 6 heteroatoms. The van der Waals surface area contributed by atoms with E-state index in [0.29, 0.717) is 24.2 Å². The van der Waals surface area contributed by atoms with Crippen molar-refractivity contribution in [2.24, 2.45) is 0 Å². The average Bonchev–Trinajstić information content (AvgIpc) is 3.14. The molecule has 138 valence electrons. The number of hydrogen-bond donors (Lipinski definition) is 2. The van der Waals surface area contributed by atoms with E-state index in [2.05, 4.69) is 20.6 Å². The third-order valence-corrected chi connectivity index (χ3v) is 4.63. The molecule has 1 saturated carbocycles. The molecule has 1 aliphatic carbocycles. The van der Waals surface area contributed by atoms with Gasteiger partial charge in [0.25, 0.3) is 5.91 Å².